The zero-order valence-corrected chi connectivity index (χ0v) is 13.2. The molecule has 0 spiro atoms. The van der Waals surface area contributed by atoms with Crippen LogP contribution in [0, 0.1) is 0 Å². The highest BCUT2D eigenvalue weighted by Crippen LogP contribution is 2.29. The molecule has 0 aliphatic carbocycles. The van der Waals surface area contributed by atoms with Crippen LogP contribution in [0.25, 0.3) is 22.2 Å². The van der Waals surface area contributed by atoms with Gasteiger partial charge in [-0.3, -0.25) is 9.78 Å². The van der Waals surface area contributed by atoms with E-state index in [-0.39, 0.29) is 0 Å². The summed E-state index contributed by atoms with van der Waals surface area (Å²) in [5.41, 5.74) is 2.92. The van der Waals surface area contributed by atoms with Gasteiger partial charge in [-0.25, -0.2) is 0 Å². The van der Waals surface area contributed by atoms with E-state index in [1.54, 1.807) is 0 Å². The highest BCUT2D eigenvalue weighted by molar-refractivity contribution is 5.93. The van der Waals surface area contributed by atoms with Gasteiger partial charge in [0, 0.05) is 36.8 Å². The highest BCUT2D eigenvalue weighted by Gasteiger charge is 2.14. The Morgan fingerprint density at radius 3 is 3.17 bits per heavy atom. The number of H-pyrrole nitrogens is 1. The van der Waals surface area contributed by atoms with Crippen LogP contribution in [0.4, 0.5) is 0 Å². The van der Waals surface area contributed by atoms with E-state index in [4.69, 9.17) is 9.47 Å². The number of fused-ring (bicyclic) bond motifs is 4. The number of nitrogens with zero attached hydrogens (tertiary/aromatic N) is 3. The normalized spacial score (nSPS) is 19.3. The molecule has 1 aromatic carbocycles. The van der Waals surface area contributed by atoms with Crippen molar-refractivity contribution < 1.29 is 9.47 Å². The van der Waals surface area contributed by atoms with Crippen LogP contribution in [-0.4, -0.2) is 39.8 Å². The Morgan fingerprint density at radius 1 is 1.26 bits per heavy atom. The lowest BCUT2D eigenvalue weighted by molar-refractivity contribution is 0.108. The summed E-state index contributed by atoms with van der Waals surface area (Å²) < 4.78 is 13.5. The van der Waals surface area contributed by atoms with Crippen LogP contribution < -0.4 is 4.74 Å². The number of hydrogen-bond donors (Lipinski definition) is 1. The van der Waals surface area contributed by atoms with Gasteiger partial charge in [-0.2, -0.15) is 10.2 Å². The maximum Gasteiger partial charge on any atom is 0.120 e. The number of benzene rings is 1. The Labute approximate surface area is 134 Å². The zero-order valence-electron chi connectivity index (χ0n) is 13.2. The predicted octanol–water partition coefficient (Wildman–Crippen LogP) is 3.18. The smallest absolute Gasteiger partial charge is 0.120 e. The van der Waals surface area contributed by atoms with E-state index in [0.29, 0.717) is 12.6 Å². The number of aromatic amines is 1. The fourth-order valence-electron chi connectivity index (χ4n) is 2.84. The van der Waals surface area contributed by atoms with Crippen LogP contribution in [0.2, 0.25) is 0 Å². The Kier molecular flexibility index (Phi) is 3.75. The average molecular weight is 312 g/mol. The molecule has 4 rings (SSSR count). The highest BCUT2D eigenvalue weighted by atomic mass is 16.5. The van der Waals surface area contributed by atoms with Gasteiger partial charge in [0.25, 0.3) is 0 Å². The lowest BCUT2D eigenvalue weighted by Gasteiger charge is -2.12. The van der Waals surface area contributed by atoms with Crippen molar-refractivity contribution in [3.8, 4) is 17.0 Å². The van der Waals surface area contributed by atoms with Crippen molar-refractivity contribution in [1.29, 1.82) is 0 Å². The number of rotatable bonds is 0. The molecule has 120 valence electrons. The molecule has 0 saturated heterocycles. The van der Waals surface area contributed by atoms with E-state index in [1.165, 1.54) is 0 Å². The van der Waals surface area contributed by atoms with Crippen LogP contribution in [0.1, 0.15) is 25.8 Å². The van der Waals surface area contributed by atoms with Gasteiger partial charge >= 0.3 is 0 Å². The molecular formula is C17H20N4O2. The minimum absolute atomic E-state index is 0.297. The summed E-state index contributed by atoms with van der Waals surface area (Å²) in [6.45, 7) is 4.26. The molecule has 3 aromatic rings. The van der Waals surface area contributed by atoms with Gasteiger partial charge in [0.2, 0.25) is 0 Å². The monoisotopic (exact) mass is 312 g/mol. The third-order valence-electron chi connectivity index (χ3n) is 4.24. The fraction of sp³-hybridized carbons (Fsp3) is 0.412. The summed E-state index contributed by atoms with van der Waals surface area (Å²) in [7, 11) is 0. The molecule has 1 aliphatic rings. The third kappa shape index (κ3) is 2.82. The lowest BCUT2D eigenvalue weighted by Crippen LogP contribution is -2.10. The minimum atomic E-state index is 0.297. The Balaban J connectivity index is 1.77. The van der Waals surface area contributed by atoms with Gasteiger partial charge in [-0.15, -0.1) is 0 Å². The summed E-state index contributed by atoms with van der Waals surface area (Å²) in [4.78, 5) is 0. The van der Waals surface area contributed by atoms with Crippen molar-refractivity contribution in [2.75, 3.05) is 19.8 Å². The SMILES string of the molecule is C[C@H]1CCOCCCOc2ccc3[nH]nc(c3c2)-c2cnn1c2. The molecule has 6 heteroatoms. The van der Waals surface area contributed by atoms with E-state index in [2.05, 4.69) is 22.2 Å². The first-order valence-electron chi connectivity index (χ1n) is 8.04. The van der Waals surface area contributed by atoms with Crippen molar-refractivity contribution in [2.24, 2.45) is 0 Å². The van der Waals surface area contributed by atoms with E-state index >= 15 is 0 Å². The Morgan fingerprint density at radius 2 is 2.22 bits per heavy atom. The van der Waals surface area contributed by atoms with Crippen molar-refractivity contribution in [1.82, 2.24) is 20.0 Å². The van der Waals surface area contributed by atoms with Crippen LogP contribution in [-0.2, 0) is 4.74 Å². The van der Waals surface area contributed by atoms with Gasteiger partial charge in [-0.1, -0.05) is 0 Å². The van der Waals surface area contributed by atoms with E-state index in [0.717, 1.165) is 54.0 Å². The molecule has 0 radical (unpaired) electrons. The molecule has 4 bridgehead atoms. The molecule has 1 aliphatic heterocycles. The van der Waals surface area contributed by atoms with Gasteiger partial charge in [0.1, 0.15) is 11.4 Å². The van der Waals surface area contributed by atoms with Gasteiger partial charge in [-0.05, 0) is 31.5 Å². The first-order valence-corrected chi connectivity index (χ1v) is 8.04. The molecule has 1 atom stereocenters. The quantitative estimate of drug-likeness (QED) is 0.692. The number of aromatic nitrogens is 4. The topological polar surface area (TPSA) is 65.0 Å². The first-order chi connectivity index (χ1) is 11.3. The first kappa shape index (κ1) is 14.3. The minimum Gasteiger partial charge on any atom is -0.493 e. The van der Waals surface area contributed by atoms with E-state index in [9.17, 15) is 0 Å². The van der Waals surface area contributed by atoms with Crippen LogP contribution in [0.15, 0.2) is 30.6 Å². The number of ether oxygens (including phenoxy) is 2. The van der Waals surface area contributed by atoms with Gasteiger partial charge in [0.05, 0.1) is 24.4 Å². The lowest BCUT2D eigenvalue weighted by atomic mass is 10.1. The van der Waals surface area contributed by atoms with E-state index in [1.807, 2.05) is 35.3 Å². The summed E-state index contributed by atoms with van der Waals surface area (Å²) in [5, 5.41) is 13.1. The zero-order chi connectivity index (χ0) is 15.6. The predicted molar refractivity (Wildman–Crippen MR) is 87.6 cm³/mol. The molecule has 6 nitrogen and oxygen atoms in total. The maximum absolute atomic E-state index is 5.83. The van der Waals surface area contributed by atoms with Crippen molar-refractivity contribution >= 4 is 10.9 Å². The van der Waals surface area contributed by atoms with Crippen LogP contribution in [0.3, 0.4) is 0 Å². The second kappa shape index (κ2) is 6.04. The van der Waals surface area contributed by atoms with Crippen molar-refractivity contribution in [2.45, 2.75) is 25.8 Å². The summed E-state index contributed by atoms with van der Waals surface area (Å²) in [6.07, 6.45) is 5.74. The second-order valence-electron chi connectivity index (χ2n) is 5.94. The molecule has 0 fully saturated rings. The van der Waals surface area contributed by atoms with Crippen molar-refractivity contribution in [3.05, 3.63) is 30.6 Å². The second-order valence-corrected chi connectivity index (χ2v) is 5.94. The number of hydrogen-bond acceptors (Lipinski definition) is 4. The average Bonchev–Trinajstić information content (AvgIpc) is 3.19. The van der Waals surface area contributed by atoms with Gasteiger partial charge in [0.15, 0.2) is 0 Å². The maximum atomic E-state index is 5.83. The molecule has 1 N–H and O–H groups in total. The fourth-order valence-corrected chi connectivity index (χ4v) is 2.84. The Bertz CT molecular complexity index is 808. The summed E-state index contributed by atoms with van der Waals surface area (Å²) >= 11 is 0. The molecule has 2 aromatic heterocycles. The molecule has 23 heavy (non-hydrogen) atoms. The number of nitrogens with one attached hydrogen (secondary N) is 1. The third-order valence-corrected chi connectivity index (χ3v) is 4.24. The van der Waals surface area contributed by atoms with Crippen LogP contribution in [0.5, 0.6) is 5.75 Å². The molecule has 0 amide bonds. The molecule has 0 saturated carbocycles. The molecular weight excluding hydrogens is 292 g/mol. The molecule has 0 unspecified atom stereocenters. The summed E-state index contributed by atoms with van der Waals surface area (Å²) in [5.74, 6) is 0.857. The Hall–Kier alpha value is -2.34. The molecule has 3 heterocycles. The largest absolute Gasteiger partial charge is 0.493 e. The van der Waals surface area contributed by atoms with Gasteiger partial charge < -0.3 is 9.47 Å². The summed E-state index contributed by atoms with van der Waals surface area (Å²) in [6, 6.07) is 6.30. The van der Waals surface area contributed by atoms with Crippen molar-refractivity contribution in [3.63, 3.8) is 0 Å². The van der Waals surface area contributed by atoms with Crippen LogP contribution >= 0.6 is 0 Å². The standard InChI is InChI=1S/C17H20N4O2/c1-12-5-8-22-6-2-7-23-14-3-4-16-15(9-14)17(20-19-16)13-10-18-21(12)11-13/h3-4,9-12H,2,5-8H2,1H3,(H,19,20)/t12-/m0/s1. The van der Waals surface area contributed by atoms with E-state index < -0.39 is 0 Å².